The van der Waals surface area contributed by atoms with E-state index in [0.29, 0.717) is 57.1 Å². The van der Waals surface area contributed by atoms with Gasteiger partial charge in [-0.1, -0.05) is 55.3 Å². The van der Waals surface area contributed by atoms with Gasteiger partial charge < -0.3 is 20.3 Å². The van der Waals surface area contributed by atoms with Crippen LogP contribution in [0.15, 0.2) is 66.9 Å². The van der Waals surface area contributed by atoms with Gasteiger partial charge in [0.15, 0.2) is 5.69 Å². The third kappa shape index (κ3) is 8.39. The van der Waals surface area contributed by atoms with Crippen molar-refractivity contribution in [2.45, 2.75) is 113 Å². The number of nitrogens with one attached hydrogen (secondary N) is 4. The second-order valence-corrected chi connectivity index (χ2v) is 17.9. The molecule has 0 unspecified atom stereocenters. The van der Waals surface area contributed by atoms with E-state index >= 15 is 0 Å². The molecule has 12 nitrogen and oxygen atoms in total. The maximum Gasteiger partial charge on any atom is 0.454 e. The van der Waals surface area contributed by atoms with Crippen molar-refractivity contribution < 1.29 is 49.7 Å². The van der Waals surface area contributed by atoms with E-state index in [2.05, 4.69) is 20.3 Å². The topological polar surface area (TPSA) is 154 Å². The first-order valence-electron chi connectivity index (χ1n) is 19.4. The van der Waals surface area contributed by atoms with Gasteiger partial charge in [-0.15, -0.1) is 0 Å². The lowest BCUT2D eigenvalue weighted by Gasteiger charge is -2.30. The molecule has 2 aromatic carbocycles. The number of aromatic nitrogens is 2. The fourth-order valence-corrected chi connectivity index (χ4v) is 9.11. The maximum atomic E-state index is 14.6. The molecule has 3 fully saturated rings. The van der Waals surface area contributed by atoms with Crippen molar-refractivity contribution in [1.29, 1.82) is 0 Å². The Balaban J connectivity index is 1.21. The Morgan fingerprint density at radius 1 is 1.09 bits per heavy atom. The van der Waals surface area contributed by atoms with Crippen LogP contribution < -0.4 is 24.7 Å². The van der Waals surface area contributed by atoms with E-state index in [1.165, 1.54) is 4.90 Å². The van der Waals surface area contributed by atoms with Gasteiger partial charge in [0.05, 0.1) is 23.4 Å². The fraction of sp³-hybridized carbons (Fsp3) is 0.500. The molecule has 17 heteroatoms. The Bertz CT molecular complexity index is 2160. The molecule has 1 saturated heterocycles. The minimum atomic E-state index is -4.84. The molecule has 2 aliphatic carbocycles. The minimum absolute atomic E-state index is 0.0273. The van der Waals surface area contributed by atoms with Gasteiger partial charge in [-0.05, 0) is 70.6 Å². The number of carbonyl (C=O) groups is 3. The molecule has 0 radical (unpaired) electrons. The number of amides is 3. The predicted octanol–water partition coefficient (Wildman–Crippen LogP) is 5.37. The molecule has 306 valence electrons. The van der Waals surface area contributed by atoms with Crippen LogP contribution in [0.1, 0.15) is 77.2 Å². The second kappa shape index (κ2) is 15.4. The zero-order valence-corrected chi connectivity index (χ0v) is 32.5. The zero-order valence-electron chi connectivity index (χ0n) is 31.7. The largest absolute Gasteiger partial charge is 0.454 e. The number of anilines is 1. The van der Waals surface area contributed by atoms with Crippen LogP contribution >= 0.6 is 0 Å². The molecule has 0 spiro atoms. The van der Waals surface area contributed by atoms with Gasteiger partial charge in [0.25, 0.3) is 5.91 Å². The number of hydrogen-bond donors (Lipinski definition) is 4. The molecule has 1 aromatic heterocycles. The van der Waals surface area contributed by atoms with Crippen molar-refractivity contribution in [3.8, 4) is 17.3 Å². The van der Waals surface area contributed by atoms with Crippen molar-refractivity contribution in [1.82, 2.24) is 19.9 Å². The summed E-state index contributed by atoms with van der Waals surface area (Å²) in [6, 6.07) is 9.58. The Labute approximate surface area is 328 Å². The highest BCUT2D eigenvalue weighted by Crippen LogP contribution is 2.47. The van der Waals surface area contributed by atoms with Crippen molar-refractivity contribution in [3.63, 3.8) is 0 Å². The summed E-state index contributed by atoms with van der Waals surface area (Å²) in [6.07, 6.45) is 3.34. The number of imidazole rings is 1. The molecule has 3 aromatic rings. The number of H-pyrrole nitrogens is 1. The number of sulfonamides is 1. The highest BCUT2D eigenvalue weighted by Gasteiger charge is 2.63. The van der Waals surface area contributed by atoms with Gasteiger partial charge in [0, 0.05) is 23.6 Å². The molecule has 2 aliphatic heterocycles. The van der Waals surface area contributed by atoms with E-state index in [1.807, 2.05) is 47.9 Å². The lowest BCUT2D eigenvalue weighted by molar-refractivity contribution is -0.687. The smallest absolute Gasteiger partial charge is 0.426 e. The number of ether oxygens (including phenoxy) is 1. The van der Waals surface area contributed by atoms with E-state index < -0.39 is 79.7 Å². The van der Waals surface area contributed by atoms with E-state index in [4.69, 9.17) is 4.74 Å². The van der Waals surface area contributed by atoms with Crippen LogP contribution in [0.3, 0.4) is 0 Å². The summed E-state index contributed by atoms with van der Waals surface area (Å²) in [7, 11) is -4.05. The third-order valence-corrected chi connectivity index (χ3v) is 13.7. The Hall–Kier alpha value is -4.93. The Kier molecular flexibility index (Phi) is 10.9. The average molecular weight is 816 g/mol. The van der Waals surface area contributed by atoms with Crippen molar-refractivity contribution in [2.75, 3.05) is 11.9 Å². The van der Waals surface area contributed by atoms with E-state index in [9.17, 15) is 40.4 Å². The predicted molar refractivity (Wildman–Crippen MR) is 201 cm³/mol. The monoisotopic (exact) mass is 815 g/mol. The van der Waals surface area contributed by atoms with Crippen molar-refractivity contribution in [3.05, 3.63) is 78.3 Å². The van der Waals surface area contributed by atoms with Crippen LogP contribution in [0, 0.1) is 11.7 Å². The lowest BCUT2D eigenvalue weighted by atomic mass is 10.0. The van der Waals surface area contributed by atoms with Gasteiger partial charge in [-0.25, -0.2) is 17.8 Å². The number of fused-ring (bicyclic) bond motifs is 2. The average Bonchev–Trinajstić information content (AvgIpc) is 3.97. The molecule has 0 bridgehead atoms. The van der Waals surface area contributed by atoms with Crippen molar-refractivity contribution in [2.24, 2.45) is 5.92 Å². The summed E-state index contributed by atoms with van der Waals surface area (Å²) in [4.78, 5) is 47.4. The van der Waals surface area contributed by atoms with Crippen LogP contribution in [0.25, 0.3) is 11.3 Å². The number of aromatic amines is 1. The number of benzene rings is 2. The van der Waals surface area contributed by atoms with Gasteiger partial charge in [0.1, 0.15) is 35.7 Å². The van der Waals surface area contributed by atoms with Gasteiger partial charge in [0.2, 0.25) is 21.8 Å². The molecule has 7 rings (SSSR count). The Morgan fingerprint density at radius 3 is 2.54 bits per heavy atom. The van der Waals surface area contributed by atoms with E-state index in [1.54, 1.807) is 19.2 Å². The molecule has 2 saturated carbocycles. The number of carbonyl (C=O) groups excluding carboxylic acids is 3. The van der Waals surface area contributed by atoms with E-state index in [0.717, 1.165) is 23.4 Å². The molecule has 4 N–H and O–H groups in total. The van der Waals surface area contributed by atoms with E-state index in [-0.39, 0.29) is 31.5 Å². The number of halogens is 4. The minimum Gasteiger partial charge on any atom is -0.426 e. The van der Waals surface area contributed by atoms with Crippen LogP contribution in [0.5, 0.6) is 6.01 Å². The van der Waals surface area contributed by atoms with Gasteiger partial charge in [-0.3, -0.25) is 19.1 Å². The first kappa shape index (κ1) is 40.3. The van der Waals surface area contributed by atoms with Gasteiger partial charge in [-0.2, -0.15) is 17.7 Å². The number of alkyl halides is 3. The van der Waals surface area contributed by atoms with Crippen molar-refractivity contribution >= 4 is 33.4 Å². The normalized spacial score (nSPS) is 26.9. The summed E-state index contributed by atoms with van der Waals surface area (Å²) in [5.41, 5.74) is -1.31. The molecule has 4 aliphatic rings. The number of nitrogens with zero attached hydrogens (tertiary/aromatic N) is 2. The molecule has 3 amide bonds. The number of allylic oxidation sites excluding steroid dienone is 1. The molecule has 57 heavy (non-hydrogen) atoms. The van der Waals surface area contributed by atoms with Gasteiger partial charge >= 0.3 is 12.2 Å². The highest BCUT2D eigenvalue weighted by molar-refractivity contribution is 7.91. The summed E-state index contributed by atoms with van der Waals surface area (Å²) in [6.45, 7) is 3.89. The first-order chi connectivity index (χ1) is 27.0. The quantitative estimate of drug-likeness (QED) is 0.129. The maximum absolute atomic E-state index is 14.6. The third-order valence-electron chi connectivity index (χ3n) is 11.6. The first-order valence-corrected chi connectivity index (χ1v) is 20.9. The molecule has 5 atom stereocenters. The SMILES string of the molecule is CC[n+]1c(-c2ccccc2)c[nH]c1O[C@@H]1C[C@H]2C(=O)N[C@]3(C(=O)NS(=O)(=O)C4(C)CC4)C[C@H]3/C=C\CCCCC[C@H](Nc3cc(F)cc(C(F)(F)F)c3)C(=O)N2C1. The number of rotatable bonds is 9. The van der Waals surface area contributed by atoms with Crippen LogP contribution in [-0.4, -0.2) is 71.0 Å². The number of hydrogen-bond acceptors (Lipinski definition) is 7. The molecule has 3 heterocycles. The summed E-state index contributed by atoms with van der Waals surface area (Å²) in [5, 5.41) is 5.67. The second-order valence-electron chi connectivity index (χ2n) is 15.7. The summed E-state index contributed by atoms with van der Waals surface area (Å²) in [5.74, 6) is -3.84. The lowest BCUT2D eigenvalue weighted by Crippen LogP contribution is -2.58. The van der Waals surface area contributed by atoms with Crippen LogP contribution in [-0.2, 0) is 37.1 Å². The summed E-state index contributed by atoms with van der Waals surface area (Å²) < 4.78 is 91.3. The fourth-order valence-electron chi connectivity index (χ4n) is 7.80. The molecular formula is C40H47F4N6O6S+. The van der Waals surface area contributed by atoms with Crippen LogP contribution in [0.4, 0.5) is 23.2 Å². The highest BCUT2D eigenvalue weighted by atomic mass is 32.2. The Morgan fingerprint density at radius 2 is 1.84 bits per heavy atom. The standard InChI is InChI=1S/C40H46F4N6O6S/c1-3-49-33(25-12-8-7-9-13-25)23-45-37(49)56-30-21-32-34(51)47-39(36(53)48-57(54,55)38(2)16-17-38)22-26(39)14-10-5-4-6-11-15-31(35(52)50(32)24-30)46-29-19-27(40(42,43)44)18-28(41)20-29/h7-10,12-14,18-20,23,26,30-32,46H,3-6,11,15-17,21-22,24H2,1-2H3,(H2,47,48,51,53)/p+1/b14-10-/t26-,30-,31+,32+,39-/m1/s1. The van der Waals surface area contributed by atoms with Crippen LogP contribution in [0.2, 0.25) is 0 Å². The molecular weight excluding hydrogens is 769 g/mol. The summed E-state index contributed by atoms with van der Waals surface area (Å²) >= 11 is 0. The zero-order chi connectivity index (χ0) is 40.8.